The summed E-state index contributed by atoms with van der Waals surface area (Å²) in [5, 5.41) is 0. The van der Waals surface area contributed by atoms with Gasteiger partial charge < -0.3 is 4.57 Å². The molecule has 1 fully saturated rings. The molecule has 9 heteroatoms. The molecule has 1 aliphatic rings. The first kappa shape index (κ1) is 21.9. The molecular formula is C22H24FN3O3S2. The third-order valence-electron chi connectivity index (χ3n) is 5.54. The molecule has 2 heterocycles. The van der Waals surface area contributed by atoms with Gasteiger partial charge in [-0.2, -0.15) is 9.30 Å². The van der Waals surface area contributed by atoms with Crippen molar-refractivity contribution in [1.29, 1.82) is 0 Å². The van der Waals surface area contributed by atoms with E-state index in [1.807, 2.05) is 0 Å². The van der Waals surface area contributed by atoms with Crippen molar-refractivity contribution in [1.82, 2.24) is 8.87 Å². The maximum absolute atomic E-state index is 13.5. The summed E-state index contributed by atoms with van der Waals surface area (Å²) in [7, 11) is -1.84. The first-order chi connectivity index (χ1) is 14.6. The monoisotopic (exact) mass is 461 g/mol. The number of rotatable bonds is 3. The van der Waals surface area contributed by atoms with Crippen LogP contribution in [0.25, 0.3) is 10.2 Å². The normalized spacial score (nSPS) is 21.0. The zero-order chi connectivity index (χ0) is 22.3. The Labute approximate surface area is 184 Å². The number of hydrogen-bond donors (Lipinski definition) is 0. The fourth-order valence-corrected chi connectivity index (χ4v) is 6.81. The van der Waals surface area contributed by atoms with Gasteiger partial charge in [-0.15, -0.1) is 0 Å². The highest BCUT2D eigenvalue weighted by Crippen LogP contribution is 2.27. The van der Waals surface area contributed by atoms with Crippen molar-refractivity contribution in [2.24, 2.45) is 23.9 Å². The number of hydrogen-bond acceptors (Lipinski definition) is 4. The molecule has 0 saturated carbocycles. The minimum Gasteiger partial charge on any atom is -0.319 e. The highest BCUT2D eigenvalue weighted by molar-refractivity contribution is 7.89. The molecule has 3 aromatic rings. The second-order valence-electron chi connectivity index (χ2n) is 8.27. The minimum atomic E-state index is -3.60. The van der Waals surface area contributed by atoms with E-state index in [-0.39, 0.29) is 10.7 Å². The Balaban J connectivity index is 1.60. The van der Waals surface area contributed by atoms with Gasteiger partial charge in [-0.25, -0.2) is 12.8 Å². The summed E-state index contributed by atoms with van der Waals surface area (Å²) in [5.41, 5.74) is 1.08. The van der Waals surface area contributed by atoms with Crippen LogP contribution in [0, 0.1) is 17.7 Å². The maximum Gasteiger partial charge on any atom is 0.279 e. The smallest absolute Gasteiger partial charge is 0.279 e. The van der Waals surface area contributed by atoms with E-state index < -0.39 is 15.9 Å². The predicted octanol–water partition coefficient (Wildman–Crippen LogP) is 3.79. The summed E-state index contributed by atoms with van der Waals surface area (Å²) in [6.45, 7) is 5.13. The van der Waals surface area contributed by atoms with Crippen LogP contribution in [-0.4, -0.2) is 36.3 Å². The van der Waals surface area contributed by atoms with Crippen LogP contribution in [0.2, 0.25) is 0 Å². The van der Waals surface area contributed by atoms with Crippen LogP contribution in [0.1, 0.15) is 30.6 Å². The molecule has 6 nitrogen and oxygen atoms in total. The third kappa shape index (κ3) is 4.35. The number of amides is 1. The molecule has 0 N–H and O–H groups in total. The summed E-state index contributed by atoms with van der Waals surface area (Å²) in [4.78, 5) is 17.4. The number of nitrogens with zero attached hydrogens (tertiary/aromatic N) is 3. The fraction of sp³-hybridized carbons (Fsp3) is 0.364. The molecule has 0 spiro atoms. The van der Waals surface area contributed by atoms with Gasteiger partial charge in [0.05, 0.1) is 15.1 Å². The van der Waals surface area contributed by atoms with Crippen molar-refractivity contribution in [3.05, 3.63) is 58.6 Å². The molecule has 2 aromatic carbocycles. The maximum atomic E-state index is 13.5. The second kappa shape index (κ2) is 8.29. The van der Waals surface area contributed by atoms with Gasteiger partial charge in [0.25, 0.3) is 5.91 Å². The van der Waals surface area contributed by atoms with Gasteiger partial charge in [-0.1, -0.05) is 25.2 Å². The number of aryl methyl sites for hydroxylation is 1. The topological polar surface area (TPSA) is 71.7 Å². The van der Waals surface area contributed by atoms with E-state index in [0.717, 1.165) is 11.9 Å². The average Bonchev–Trinajstić information content (AvgIpc) is 3.01. The lowest BCUT2D eigenvalue weighted by Gasteiger charge is -2.34. The zero-order valence-corrected chi connectivity index (χ0v) is 19.2. The number of thiazole rings is 1. The van der Waals surface area contributed by atoms with Crippen LogP contribution in [0.4, 0.5) is 4.39 Å². The number of fused-ring (bicyclic) bond motifs is 1. The Hall–Kier alpha value is -2.36. The van der Waals surface area contributed by atoms with E-state index in [2.05, 4.69) is 18.8 Å². The van der Waals surface area contributed by atoms with Crippen molar-refractivity contribution in [2.75, 3.05) is 13.1 Å². The van der Waals surface area contributed by atoms with Crippen molar-refractivity contribution < 1.29 is 17.6 Å². The van der Waals surface area contributed by atoms with E-state index in [0.29, 0.717) is 40.0 Å². The molecule has 31 heavy (non-hydrogen) atoms. The summed E-state index contributed by atoms with van der Waals surface area (Å²) in [5.74, 6) is -0.198. The van der Waals surface area contributed by atoms with Gasteiger partial charge in [-0.05, 0) is 60.7 Å². The van der Waals surface area contributed by atoms with Crippen LogP contribution in [0.3, 0.4) is 0 Å². The van der Waals surface area contributed by atoms with Gasteiger partial charge in [0.1, 0.15) is 5.82 Å². The first-order valence-corrected chi connectivity index (χ1v) is 12.3. The summed E-state index contributed by atoms with van der Waals surface area (Å²) in [6.07, 6.45) is 1.02. The number of sulfonamides is 1. The molecule has 2 atom stereocenters. The third-order valence-corrected chi connectivity index (χ3v) is 8.48. The number of carbonyl (C=O) groups excluding carboxylic acids is 1. The van der Waals surface area contributed by atoms with E-state index in [9.17, 15) is 17.6 Å². The Morgan fingerprint density at radius 2 is 1.74 bits per heavy atom. The van der Waals surface area contributed by atoms with Crippen molar-refractivity contribution in [3.8, 4) is 0 Å². The quantitative estimate of drug-likeness (QED) is 0.596. The van der Waals surface area contributed by atoms with E-state index in [1.54, 1.807) is 17.7 Å². The molecular weight excluding hydrogens is 437 g/mol. The molecule has 4 rings (SSSR count). The molecule has 1 aromatic heterocycles. The predicted molar refractivity (Wildman–Crippen MR) is 119 cm³/mol. The molecule has 0 aliphatic carbocycles. The van der Waals surface area contributed by atoms with Crippen molar-refractivity contribution in [2.45, 2.75) is 25.2 Å². The van der Waals surface area contributed by atoms with Crippen LogP contribution < -0.4 is 4.80 Å². The second-order valence-corrected chi connectivity index (χ2v) is 11.2. The van der Waals surface area contributed by atoms with Gasteiger partial charge in [-0.3, -0.25) is 4.79 Å². The number of carbonyl (C=O) groups is 1. The van der Waals surface area contributed by atoms with Gasteiger partial charge in [0.2, 0.25) is 10.0 Å². The first-order valence-electron chi connectivity index (χ1n) is 10.1. The number of aromatic nitrogens is 1. The highest BCUT2D eigenvalue weighted by atomic mass is 32.2. The van der Waals surface area contributed by atoms with Crippen LogP contribution in [0.15, 0.2) is 52.4 Å². The summed E-state index contributed by atoms with van der Waals surface area (Å²) < 4.78 is 43.4. The zero-order valence-electron chi connectivity index (χ0n) is 17.6. The molecule has 164 valence electrons. The largest absolute Gasteiger partial charge is 0.319 e. The lowest BCUT2D eigenvalue weighted by atomic mass is 9.94. The number of piperidine rings is 1. The molecule has 0 radical (unpaired) electrons. The summed E-state index contributed by atoms with van der Waals surface area (Å²) in [6, 6.07) is 10.3. The Morgan fingerprint density at radius 3 is 2.39 bits per heavy atom. The van der Waals surface area contributed by atoms with E-state index in [1.165, 1.54) is 52.0 Å². The minimum absolute atomic E-state index is 0.174. The Bertz CT molecular complexity index is 1300. The van der Waals surface area contributed by atoms with E-state index >= 15 is 0 Å². The molecule has 1 amide bonds. The fourth-order valence-electron chi connectivity index (χ4n) is 4.09. The van der Waals surface area contributed by atoms with Gasteiger partial charge in [0.15, 0.2) is 4.80 Å². The lowest BCUT2D eigenvalue weighted by Crippen LogP contribution is -2.42. The molecule has 1 aliphatic heterocycles. The Kier molecular flexibility index (Phi) is 5.85. The molecule has 1 saturated heterocycles. The molecule has 0 bridgehead atoms. The summed E-state index contributed by atoms with van der Waals surface area (Å²) >= 11 is 1.22. The highest BCUT2D eigenvalue weighted by Gasteiger charge is 2.31. The lowest BCUT2D eigenvalue weighted by molar-refractivity contribution is 0.0998. The van der Waals surface area contributed by atoms with Gasteiger partial charge >= 0.3 is 0 Å². The molecule has 0 unspecified atom stereocenters. The average molecular weight is 462 g/mol. The number of benzene rings is 2. The van der Waals surface area contributed by atoms with E-state index in [4.69, 9.17) is 0 Å². The van der Waals surface area contributed by atoms with Crippen LogP contribution >= 0.6 is 11.3 Å². The Morgan fingerprint density at radius 1 is 1.10 bits per heavy atom. The number of halogens is 1. The van der Waals surface area contributed by atoms with Crippen molar-refractivity contribution in [3.63, 3.8) is 0 Å². The van der Waals surface area contributed by atoms with Crippen molar-refractivity contribution >= 4 is 37.5 Å². The SMILES string of the molecule is C[C@@H]1C[C@H](C)CN(S(=O)(=O)c2ccc(C(=O)N=c3sc4cc(F)ccc4n3C)cc2)C1. The standard InChI is InChI=1S/C22H24FN3O3S2/c1-14-10-15(2)13-26(12-14)31(28,29)18-7-4-16(5-8-18)21(27)24-22-25(3)19-9-6-17(23)11-20(19)30-22/h4-9,11,14-15H,10,12-13H2,1-3H3/t14-,15+. The van der Waals surface area contributed by atoms with Gasteiger partial charge in [0, 0.05) is 25.7 Å². The van der Waals surface area contributed by atoms with Crippen LogP contribution in [0.5, 0.6) is 0 Å². The van der Waals surface area contributed by atoms with Crippen LogP contribution in [-0.2, 0) is 17.1 Å².